The molecule has 138 valence electrons. The van der Waals surface area contributed by atoms with Crippen LogP contribution in [0.5, 0.6) is 0 Å². The van der Waals surface area contributed by atoms with Gasteiger partial charge in [-0.25, -0.2) is 9.37 Å². The molecule has 0 spiro atoms. The van der Waals surface area contributed by atoms with Gasteiger partial charge in [-0.2, -0.15) is 0 Å². The molecule has 0 saturated heterocycles. The van der Waals surface area contributed by atoms with Crippen LogP contribution >= 0.6 is 11.3 Å². The molecule has 2 aromatic heterocycles. The Balaban J connectivity index is 1.55. The highest BCUT2D eigenvalue weighted by Gasteiger charge is 2.15. The maximum atomic E-state index is 13.7. The summed E-state index contributed by atoms with van der Waals surface area (Å²) >= 11 is 1.37. The maximum Gasteiger partial charge on any atom is 0.313 e. The first-order valence-corrected chi connectivity index (χ1v) is 8.87. The summed E-state index contributed by atoms with van der Waals surface area (Å²) in [6.07, 6.45) is 3.34. The van der Waals surface area contributed by atoms with Crippen LogP contribution < -0.4 is 16.4 Å². The van der Waals surface area contributed by atoms with Crippen LogP contribution in [-0.2, 0) is 22.7 Å². The van der Waals surface area contributed by atoms with Crippen LogP contribution in [0.1, 0.15) is 10.6 Å². The molecule has 0 saturated carbocycles. The molecule has 27 heavy (non-hydrogen) atoms. The van der Waals surface area contributed by atoms with Gasteiger partial charge in [0, 0.05) is 41.1 Å². The van der Waals surface area contributed by atoms with E-state index < -0.39 is 17.6 Å². The highest BCUT2D eigenvalue weighted by Crippen LogP contribution is 2.21. The summed E-state index contributed by atoms with van der Waals surface area (Å²) < 4.78 is 13.7. The van der Waals surface area contributed by atoms with Crippen molar-refractivity contribution in [2.24, 2.45) is 5.73 Å². The number of hydrogen-bond acceptors (Lipinski definition) is 6. The zero-order valence-electron chi connectivity index (χ0n) is 14.1. The molecule has 7 nitrogen and oxygen atoms in total. The van der Waals surface area contributed by atoms with Gasteiger partial charge in [0.2, 0.25) is 0 Å². The van der Waals surface area contributed by atoms with Crippen molar-refractivity contribution in [1.29, 1.82) is 0 Å². The van der Waals surface area contributed by atoms with Gasteiger partial charge in [0.15, 0.2) is 0 Å². The summed E-state index contributed by atoms with van der Waals surface area (Å²) in [5, 5.41) is 7.35. The van der Waals surface area contributed by atoms with E-state index in [4.69, 9.17) is 5.73 Å². The number of benzene rings is 1. The van der Waals surface area contributed by atoms with Crippen molar-refractivity contribution in [3.05, 3.63) is 64.5 Å². The lowest BCUT2D eigenvalue weighted by Crippen LogP contribution is -2.35. The second-order valence-corrected chi connectivity index (χ2v) is 6.45. The van der Waals surface area contributed by atoms with E-state index in [0.717, 1.165) is 17.3 Å². The number of nitrogens with one attached hydrogen (secondary N) is 2. The summed E-state index contributed by atoms with van der Waals surface area (Å²) in [6.45, 7) is 0.165. The summed E-state index contributed by atoms with van der Waals surface area (Å²) in [7, 11) is 0. The minimum Gasteiger partial charge on any atom is -0.341 e. The Morgan fingerprint density at radius 2 is 1.93 bits per heavy atom. The smallest absolute Gasteiger partial charge is 0.313 e. The van der Waals surface area contributed by atoms with Crippen molar-refractivity contribution >= 4 is 28.8 Å². The number of hydrogen-bond donors (Lipinski definition) is 3. The van der Waals surface area contributed by atoms with E-state index in [1.807, 2.05) is 17.5 Å². The van der Waals surface area contributed by atoms with Crippen molar-refractivity contribution in [2.45, 2.75) is 13.1 Å². The Bertz CT molecular complexity index is 961. The first kappa shape index (κ1) is 18.6. The molecule has 3 rings (SSSR count). The predicted molar refractivity (Wildman–Crippen MR) is 100 cm³/mol. The lowest BCUT2D eigenvalue weighted by Gasteiger charge is -2.07. The Kier molecular flexibility index (Phi) is 5.84. The predicted octanol–water partition coefficient (Wildman–Crippen LogP) is 2.06. The molecule has 0 aliphatic carbocycles. The number of nitrogens with two attached hydrogens (primary N) is 1. The number of carbonyl (C=O) groups is 2. The fraction of sp³-hybridized carbons (Fsp3) is 0.111. The van der Waals surface area contributed by atoms with Gasteiger partial charge in [-0.15, -0.1) is 11.3 Å². The van der Waals surface area contributed by atoms with Crippen LogP contribution in [0, 0.1) is 5.82 Å². The number of nitrogens with zero attached hydrogens (tertiary/aromatic N) is 2. The fourth-order valence-corrected chi connectivity index (χ4v) is 3.00. The Hall–Kier alpha value is -3.17. The van der Waals surface area contributed by atoms with E-state index in [0.29, 0.717) is 10.6 Å². The topological polar surface area (TPSA) is 110 Å². The van der Waals surface area contributed by atoms with Crippen molar-refractivity contribution in [2.75, 3.05) is 5.32 Å². The summed E-state index contributed by atoms with van der Waals surface area (Å²) in [5.74, 6) is -2.26. The molecule has 2 heterocycles. The van der Waals surface area contributed by atoms with Crippen molar-refractivity contribution < 1.29 is 14.0 Å². The number of thiazole rings is 1. The lowest BCUT2D eigenvalue weighted by atomic mass is 10.2. The largest absolute Gasteiger partial charge is 0.341 e. The molecule has 0 aliphatic heterocycles. The Morgan fingerprint density at radius 1 is 1.15 bits per heavy atom. The normalized spacial score (nSPS) is 10.4. The van der Waals surface area contributed by atoms with E-state index in [1.165, 1.54) is 23.5 Å². The first-order chi connectivity index (χ1) is 13.1. The lowest BCUT2D eigenvalue weighted by molar-refractivity contribution is -0.136. The molecule has 0 bridgehead atoms. The van der Waals surface area contributed by atoms with Gasteiger partial charge in [0.05, 0.1) is 12.2 Å². The summed E-state index contributed by atoms with van der Waals surface area (Å²) in [5.41, 5.74) is 7.58. The van der Waals surface area contributed by atoms with E-state index in [9.17, 15) is 14.0 Å². The molecule has 1 aromatic carbocycles. The summed E-state index contributed by atoms with van der Waals surface area (Å²) in [4.78, 5) is 32.2. The zero-order valence-corrected chi connectivity index (χ0v) is 14.9. The number of pyridine rings is 1. The third-order valence-electron chi connectivity index (χ3n) is 3.67. The quantitative estimate of drug-likeness (QED) is 0.583. The molecule has 0 atom stereocenters. The van der Waals surface area contributed by atoms with Crippen LogP contribution in [0.25, 0.3) is 11.3 Å². The zero-order chi connectivity index (χ0) is 19.2. The molecule has 2 amide bonds. The van der Waals surface area contributed by atoms with Crippen LogP contribution in [0.15, 0.2) is 48.1 Å². The van der Waals surface area contributed by atoms with Gasteiger partial charge in [0.25, 0.3) is 0 Å². The standard InChI is InChI=1S/C18H16FN5O2S/c19-14-7-13(2-1-12(14)8-20)23-18(26)17(25)22-9-16-24-15(10-27-16)11-3-5-21-6-4-11/h1-7,10H,8-9,20H2,(H,22,25)(H,23,26). The number of halogens is 1. The fourth-order valence-electron chi connectivity index (χ4n) is 2.26. The number of anilines is 1. The van der Waals surface area contributed by atoms with E-state index in [1.54, 1.807) is 12.4 Å². The van der Waals surface area contributed by atoms with E-state index in [-0.39, 0.29) is 18.8 Å². The summed E-state index contributed by atoms with van der Waals surface area (Å²) in [6, 6.07) is 7.73. The third-order valence-corrected chi connectivity index (χ3v) is 4.51. The third kappa shape index (κ3) is 4.72. The number of carbonyl (C=O) groups excluding carboxylic acids is 2. The molecule has 0 unspecified atom stereocenters. The highest BCUT2D eigenvalue weighted by molar-refractivity contribution is 7.09. The van der Waals surface area contributed by atoms with Gasteiger partial charge in [-0.05, 0) is 24.3 Å². The molecular weight excluding hydrogens is 369 g/mol. The van der Waals surface area contributed by atoms with Gasteiger partial charge in [0.1, 0.15) is 10.8 Å². The first-order valence-electron chi connectivity index (χ1n) is 7.99. The van der Waals surface area contributed by atoms with Gasteiger partial charge in [-0.1, -0.05) is 6.07 Å². The minimum atomic E-state index is -0.888. The van der Waals surface area contributed by atoms with Crippen LogP contribution in [0.4, 0.5) is 10.1 Å². The van der Waals surface area contributed by atoms with Crippen molar-refractivity contribution in [1.82, 2.24) is 15.3 Å². The van der Waals surface area contributed by atoms with Crippen LogP contribution in [0.3, 0.4) is 0 Å². The van der Waals surface area contributed by atoms with E-state index in [2.05, 4.69) is 20.6 Å². The minimum absolute atomic E-state index is 0.0514. The molecular formula is C18H16FN5O2S. The molecule has 9 heteroatoms. The van der Waals surface area contributed by atoms with Crippen molar-refractivity contribution in [3.63, 3.8) is 0 Å². The number of aromatic nitrogens is 2. The van der Waals surface area contributed by atoms with Gasteiger partial charge in [-0.3, -0.25) is 14.6 Å². The second-order valence-electron chi connectivity index (χ2n) is 5.51. The number of amides is 2. The maximum absolute atomic E-state index is 13.7. The average Bonchev–Trinajstić information content (AvgIpc) is 3.16. The molecule has 0 fully saturated rings. The van der Waals surface area contributed by atoms with Crippen molar-refractivity contribution in [3.8, 4) is 11.3 Å². The molecule has 3 aromatic rings. The molecule has 4 N–H and O–H groups in total. The Labute approximate surface area is 158 Å². The van der Waals surface area contributed by atoms with Crippen LogP contribution in [-0.4, -0.2) is 21.8 Å². The van der Waals surface area contributed by atoms with E-state index >= 15 is 0 Å². The second kappa shape index (κ2) is 8.47. The monoisotopic (exact) mass is 385 g/mol. The number of rotatable bonds is 5. The highest BCUT2D eigenvalue weighted by atomic mass is 32.1. The Morgan fingerprint density at radius 3 is 2.63 bits per heavy atom. The average molecular weight is 385 g/mol. The molecule has 0 radical (unpaired) electrons. The SMILES string of the molecule is NCc1ccc(NC(=O)C(=O)NCc2nc(-c3ccncc3)cs2)cc1F. The van der Waals surface area contributed by atoms with Gasteiger partial charge < -0.3 is 16.4 Å². The molecule has 0 aliphatic rings. The van der Waals surface area contributed by atoms with Gasteiger partial charge >= 0.3 is 11.8 Å². The van der Waals surface area contributed by atoms with Crippen LogP contribution in [0.2, 0.25) is 0 Å².